The number of fused-ring (bicyclic) bond motifs is 1. The molecule has 4 rings (SSSR count). The van der Waals surface area contributed by atoms with Crippen LogP contribution in [0.15, 0.2) is 24.3 Å². The topological polar surface area (TPSA) is 24.5 Å². The Morgan fingerprint density at radius 3 is 2.78 bits per heavy atom. The van der Waals surface area contributed by atoms with Crippen molar-refractivity contribution < 1.29 is 4.74 Å². The number of para-hydroxylation sites is 1. The third kappa shape index (κ3) is 1.50. The second-order valence-corrected chi connectivity index (χ2v) is 5.80. The number of morpholine rings is 1. The lowest BCUT2D eigenvalue weighted by atomic mass is 9.92. The van der Waals surface area contributed by atoms with Crippen LogP contribution in [0.4, 0.5) is 5.69 Å². The predicted octanol–water partition coefficient (Wildman–Crippen LogP) is 1.38. The molecule has 1 N–H and O–H groups in total. The maximum atomic E-state index is 5.47. The smallest absolute Gasteiger partial charge is 0.0642 e. The minimum atomic E-state index is 0.453. The number of anilines is 1. The number of hydrogen-bond donors (Lipinski definition) is 1. The molecular weight excluding hydrogens is 224 g/mol. The Bertz CT molecular complexity index is 456. The van der Waals surface area contributed by atoms with Crippen molar-refractivity contribution in [3.8, 4) is 0 Å². The van der Waals surface area contributed by atoms with E-state index in [4.69, 9.17) is 4.74 Å². The fraction of sp³-hybridized carbons (Fsp3) is 0.600. The maximum absolute atomic E-state index is 5.47. The number of ether oxygens (including phenoxy) is 1. The molecule has 0 spiro atoms. The van der Waals surface area contributed by atoms with E-state index < -0.39 is 0 Å². The van der Waals surface area contributed by atoms with E-state index in [0.29, 0.717) is 5.41 Å². The number of piperidine rings is 1. The average molecular weight is 244 g/mol. The van der Waals surface area contributed by atoms with Gasteiger partial charge in [0.05, 0.1) is 13.2 Å². The summed E-state index contributed by atoms with van der Waals surface area (Å²) in [6.07, 6.45) is 1.38. The molecule has 1 saturated carbocycles. The summed E-state index contributed by atoms with van der Waals surface area (Å²) in [6, 6.07) is 9.01. The summed E-state index contributed by atoms with van der Waals surface area (Å²) in [7, 11) is 0. The molecule has 2 saturated heterocycles. The van der Waals surface area contributed by atoms with Gasteiger partial charge in [-0.2, -0.15) is 0 Å². The van der Waals surface area contributed by atoms with Crippen molar-refractivity contribution in [2.45, 2.75) is 11.8 Å². The Kier molecular flexibility index (Phi) is 2.39. The Morgan fingerprint density at radius 1 is 1.22 bits per heavy atom. The van der Waals surface area contributed by atoms with Gasteiger partial charge in [0.15, 0.2) is 0 Å². The summed E-state index contributed by atoms with van der Waals surface area (Å²) in [5.41, 5.74) is 3.48. The minimum Gasteiger partial charge on any atom is -0.378 e. The summed E-state index contributed by atoms with van der Waals surface area (Å²) in [5.74, 6) is 0.875. The summed E-state index contributed by atoms with van der Waals surface area (Å²) in [6.45, 7) is 6.17. The van der Waals surface area contributed by atoms with Crippen molar-refractivity contribution >= 4 is 5.69 Å². The minimum absolute atomic E-state index is 0.453. The highest BCUT2D eigenvalue weighted by Gasteiger charge is 2.59. The fourth-order valence-corrected chi connectivity index (χ4v) is 3.73. The van der Waals surface area contributed by atoms with Gasteiger partial charge in [0.1, 0.15) is 0 Å². The van der Waals surface area contributed by atoms with Gasteiger partial charge in [0.2, 0.25) is 0 Å². The molecule has 3 heteroatoms. The lowest BCUT2D eigenvalue weighted by Gasteiger charge is -2.32. The first-order chi connectivity index (χ1) is 8.90. The molecule has 2 heterocycles. The van der Waals surface area contributed by atoms with Gasteiger partial charge in [0.25, 0.3) is 0 Å². The molecule has 0 aromatic heterocycles. The molecule has 96 valence electrons. The van der Waals surface area contributed by atoms with Crippen LogP contribution in [-0.2, 0) is 10.2 Å². The van der Waals surface area contributed by atoms with Crippen LogP contribution in [0.25, 0.3) is 0 Å². The second-order valence-electron chi connectivity index (χ2n) is 5.80. The first-order valence-electron chi connectivity index (χ1n) is 7.03. The molecule has 2 aliphatic heterocycles. The van der Waals surface area contributed by atoms with Crippen LogP contribution in [-0.4, -0.2) is 39.4 Å². The molecule has 1 aliphatic carbocycles. The normalized spacial score (nSPS) is 34.4. The van der Waals surface area contributed by atoms with Gasteiger partial charge < -0.3 is 15.0 Å². The van der Waals surface area contributed by atoms with Crippen LogP contribution < -0.4 is 10.2 Å². The Labute approximate surface area is 108 Å². The van der Waals surface area contributed by atoms with Crippen molar-refractivity contribution in [2.75, 3.05) is 44.3 Å². The fourth-order valence-electron chi connectivity index (χ4n) is 3.73. The number of nitrogens with zero attached hydrogens (tertiary/aromatic N) is 1. The highest BCUT2D eigenvalue weighted by molar-refractivity contribution is 5.60. The van der Waals surface area contributed by atoms with Crippen LogP contribution in [0.5, 0.6) is 0 Å². The average Bonchev–Trinajstić information content (AvgIpc) is 3.02. The zero-order valence-electron chi connectivity index (χ0n) is 10.7. The van der Waals surface area contributed by atoms with Gasteiger partial charge in [-0.1, -0.05) is 18.2 Å². The highest BCUT2D eigenvalue weighted by Crippen LogP contribution is 2.58. The van der Waals surface area contributed by atoms with E-state index in [2.05, 4.69) is 34.5 Å². The molecule has 3 nitrogen and oxygen atoms in total. The van der Waals surface area contributed by atoms with Crippen molar-refractivity contribution in [3.05, 3.63) is 29.8 Å². The molecule has 2 atom stereocenters. The molecule has 0 amide bonds. The zero-order chi connectivity index (χ0) is 12.0. The number of benzene rings is 1. The third-order valence-corrected chi connectivity index (χ3v) is 4.86. The van der Waals surface area contributed by atoms with Crippen LogP contribution in [0.1, 0.15) is 12.0 Å². The molecule has 1 aromatic carbocycles. The second kappa shape index (κ2) is 3.97. The van der Waals surface area contributed by atoms with E-state index >= 15 is 0 Å². The number of nitrogens with one attached hydrogen (secondary N) is 1. The third-order valence-electron chi connectivity index (χ3n) is 4.86. The van der Waals surface area contributed by atoms with Crippen LogP contribution in [0.2, 0.25) is 0 Å². The van der Waals surface area contributed by atoms with Crippen LogP contribution >= 0.6 is 0 Å². The van der Waals surface area contributed by atoms with Gasteiger partial charge in [-0.25, -0.2) is 0 Å². The Hall–Kier alpha value is -1.06. The van der Waals surface area contributed by atoms with E-state index in [1.807, 2.05) is 0 Å². The first-order valence-corrected chi connectivity index (χ1v) is 7.03. The summed E-state index contributed by atoms with van der Waals surface area (Å²) < 4.78 is 5.47. The van der Waals surface area contributed by atoms with Crippen molar-refractivity contribution in [1.29, 1.82) is 0 Å². The maximum Gasteiger partial charge on any atom is 0.0642 e. The van der Waals surface area contributed by atoms with E-state index in [0.717, 1.165) is 32.2 Å². The van der Waals surface area contributed by atoms with Gasteiger partial charge in [0, 0.05) is 30.7 Å². The van der Waals surface area contributed by atoms with Gasteiger partial charge in [-0.3, -0.25) is 0 Å². The van der Waals surface area contributed by atoms with Gasteiger partial charge in [-0.05, 0) is 30.5 Å². The van der Waals surface area contributed by atoms with E-state index in [-0.39, 0.29) is 0 Å². The van der Waals surface area contributed by atoms with Crippen molar-refractivity contribution in [3.63, 3.8) is 0 Å². The van der Waals surface area contributed by atoms with Crippen molar-refractivity contribution in [2.24, 2.45) is 5.92 Å². The summed E-state index contributed by atoms with van der Waals surface area (Å²) in [5, 5.41) is 3.55. The Morgan fingerprint density at radius 2 is 2.06 bits per heavy atom. The lowest BCUT2D eigenvalue weighted by Crippen LogP contribution is -2.37. The van der Waals surface area contributed by atoms with Gasteiger partial charge in [-0.15, -0.1) is 0 Å². The number of hydrogen-bond acceptors (Lipinski definition) is 3. The quantitative estimate of drug-likeness (QED) is 0.850. The SMILES string of the molecule is c1ccc(C23CNCC2C3)c(N2CCOCC2)c1. The number of rotatable bonds is 2. The van der Waals surface area contributed by atoms with E-state index in [9.17, 15) is 0 Å². The molecular formula is C15H20N2O. The molecule has 18 heavy (non-hydrogen) atoms. The van der Waals surface area contributed by atoms with Crippen molar-refractivity contribution in [1.82, 2.24) is 5.32 Å². The van der Waals surface area contributed by atoms with E-state index in [1.54, 1.807) is 5.56 Å². The Balaban J connectivity index is 1.70. The molecule has 0 bridgehead atoms. The highest BCUT2D eigenvalue weighted by atomic mass is 16.5. The summed E-state index contributed by atoms with van der Waals surface area (Å²) >= 11 is 0. The zero-order valence-corrected chi connectivity index (χ0v) is 10.7. The monoisotopic (exact) mass is 244 g/mol. The van der Waals surface area contributed by atoms with Crippen LogP contribution in [0.3, 0.4) is 0 Å². The molecule has 3 fully saturated rings. The standard InChI is InChI=1S/C15H20N2O/c1-2-4-14(17-5-7-18-8-6-17)13(3-1)15-9-12(15)10-16-11-15/h1-4,12,16H,5-11H2. The predicted molar refractivity (Wildman–Crippen MR) is 72.1 cm³/mol. The van der Waals surface area contributed by atoms with Crippen LogP contribution in [0, 0.1) is 5.92 Å². The molecule has 1 aromatic rings. The summed E-state index contributed by atoms with van der Waals surface area (Å²) in [4.78, 5) is 2.50. The van der Waals surface area contributed by atoms with Gasteiger partial charge >= 0.3 is 0 Å². The lowest BCUT2D eigenvalue weighted by molar-refractivity contribution is 0.122. The molecule has 2 unspecified atom stereocenters. The van der Waals surface area contributed by atoms with E-state index in [1.165, 1.54) is 25.2 Å². The molecule has 0 radical (unpaired) electrons. The first kappa shape index (κ1) is 10.8. The molecule has 3 aliphatic rings. The largest absolute Gasteiger partial charge is 0.378 e.